The Morgan fingerprint density at radius 3 is 2.96 bits per heavy atom. The van der Waals surface area contributed by atoms with Crippen LogP contribution in [0.1, 0.15) is 12.8 Å². The van der Waals surface area contributed by atoms with E-state index >= 15 is 0 Å². The predicted molar refractivity (Wildman–Crippen MR) is 86.9 cm³/mol. The zero-order chi connectivity index (χ0) is 16.4. The topological polar surface area (TPSA) is 87.9 Å². The fourth-order valence-electron chi connectivity index (χ4n) is 3.21. The summed E-state index contributed by atoms with van der Waals surface area (Å²) in [5, 5.41) is 7.22. The molecule has 2 aromatic rings. The number of amides is 2. The fraction of sp³-hybridized carbons (Fsp3) is 0.600. The van der Waals surface area contributed by atoms with Crippen molar-refractivity contribution in [3.63, 3.8) is 0 Å². The Kier molecular flexibility index (Phi) is 4.16. The molecule has 2 amide bonds. The second-order valence-electron chi connectivity index (χ2n) is 6.09. The molecule has 0 aromatic carbocycles. The van der Waals surface area contributed by atoms with Gasteiger partial charge in [-0.15, -0.1) is 0 Å². The van der Waals surface area contributed by atoms with Crippen LogP contribution in [0, 0.1) is 0 Å². The molecule has 2 aliphatic heterocycles. The number of hydrogen-bond acceptors (Lipinski definition) is 6. The molecule has 0 saturated carbocycles. The second kappa shape index (κ2) is 6.60. The number of anilines is 1. The van der Waals surface area contributed by atoms with Gasteiger partial charge in [0.15, 0.2) is 11.5 Å². The van der Waals surface area contributed by atoms with Gasteiger partial charge in [0.25, 0.3) is 0 Å². The molecule has 1 N–H and O–H groups in total. The molecule has 0 radical (unpaired) electrons. The molecule has 9 heteroatoms. The minimum absolute atomic E-state index is 0.0118. The lowest BCUT2D eigenvalue weighted by atomic mass is 10.2. The first-order valence-electron chi connectivity index (χ1n) is 8.34. The molecule has 24 heavy (non-hydrogen) atoms. The summed E-state index contributed by atoms with van der Waals surface area (Å²) >= 11 is 0. The van der Waals surface area contributed by atoms with Crippen LogP contribution in [0.3, 0.4) is 0 Å². The van der Waals surface area contributed by atoms with E-state index in [2.05, 4.69) is 25.3 Å². The Bertz CT molecular complexity index is 705. The average molecular weight is 331 g/mol. The maximum atomic E-state index is 12.3. The number of nitrogens with zero attached hydrogens (tertiary/aromatic N) is 6. The number of piperazine rings is 1. The van der Waals surface area contributed by atoms with Gasteiger partial charge in [0, 0.05) is 39.3 Å². The molecule has 2 aromatic heterocycles. The van der Waals surface area contributed by atoms with Gasteiger partial charge in [-0.3, -0.25) is 4.98 Å². The first-order chi connectivity index (χ1) is 11.8. The normalized spacial score (nSPS) is 21.4. The summed E-state index contributed by atoms with van der Waals surface area (Å²) in [5.41, 5.74) is 0.726. The van der Waals surface area contributed by atoms with Gasteiger partial charge in [0.2, 0.25) is 0 Å². The van der Waals surface area contributed by atoms with Crippen molar-refractivity contribution < 1.29 is 9.53 Å². The number of hydrogen-bond donors (Lipinski definition) is 1. The molecule has 1 unspecified atom stereocenters. The van der Waals surface area contributed by atoms with Crippen molar-refractivity contribution in [2.45, 2.75) is 18.9 Å². The summed E-state index contributed by atoms with van der Waals surface area (Å²) in [6, 6.07) is -0.0118. The summed E-state index contributed by atoms with van der Waals surface area (Å²) < 4.78 is 7.31. The number of rotatable bonds is 3. The van der Waals surface area contributed by atoms with Crippen LogP contribution >= 0.6 is 0 Å². The summed E-state index contributed by atoms with van der Waals surface area (Å²) in [6.45, 7) is 4.23. The van der Waals surface area contributed by atoms with Crippen LogP contribution in [0.5, 0.6) is 0 Å². The Balaban J connectivity index is 1.33. The Hall–Kier alpha value is -2.42. The van der Waals surface area contributed by atoms with Crippen molar-refractivity contribution >= 4 is 17.5 Å². The highest BCUT2D eigenvalue weighted by Gasteiger charge is 2.24. The Morgan fingerprint density at radius 1 is 1.29 bits per heavy atom. The van der Waals surface area contributed by atoms with Crippen LogP contribution < -0.4 is 10.2 Å². The molecule has 9 nitrogen and oxygen atoms in total. The van der Waals surface area contributed by atoms with E-state index in [4.69, 9.17) is 4.74 Å². The number of ether oxygens (including phenoxy) is 1. The van der Waals surface area contributed by atoms with Gasteiger partial charge in [0.05, 0.1) is 18.5 Å². The number of carbonyl (C=O) groups is 1. The van der Waals surface area contributed by atoms with Crippen LogP contribution in [0.25, 0.3) is 5.65 Å². The molecule has 1 atom stereocenters. The van der Waals surface area contributed by atoms with Crippen LogP contribution in [-0.4, -0.2) is 75.9 Å². The molecule has 0 spiro atoms. The van der Waals surface area contributed by atoms with Gasteiger partial charge in [-0.1, -0.05) is 0 Å². The quantitative estimate of drug-likeness (QED) is 0.860. The Labute approximate surface area is 139 Å². The average Bonchev–Trinajstić information content (AvgIpc) is 3.31. The lowest BCUT2D eigenvalue weighted by molar-refractivity contribution is 0.108. The number of urea groups is 1. The monoisotopic (exact) mass is 331 g/mol. The molecule has 4 heterocycles. The van der Waals surface area contributed by atoms with Crippen molar-refractivity contribution in [2.75, 3.05) is 44.2 Å². The van der Waals surface area contributed by atoms with Gasteiger partial charge in [-0.2, -0.15) is 9.61 Å². The molecular weight excluding hydrogens is 310 g/mol. The van der Waals surface area contributed by atoms with E-state index in [9.17, 15) is 4.79 Å². The molecule has 128 valence electrons. The van der Waals surface area contributed by atoms with Gasteiger partial charge in [-0.25, -0.2) is 9.78 Å². The molecule has 4 rings (SSSR count). The first kappa shape index (κ1) is 15.1. The van der Waals surface area contributed by atoms with E-state index in [1.165, 1.54) is 6.33 Å². The van der Waals surface area contributed by atoms with Crippen LogP contribution in [0.2, 0.25) is 0 Å². The van der Waals surface area contributed by atoms with E-state index < -0.39 is 0 Å². The van der Waals surface area contributed by atoms with Gasteiger partial charge >= 0.3 is 6.03 Å². The number of fused-ring (bicyclic) bond motifs is 1. The number of nitrogens with one attached hydrogen (secondary N) is 1. The SMILES string of the molecule is O=C(NCC1CCCO1)N1CCN(c2cncc3ncnn23)CC1. The van der Waals surface area contributed by atoms with E-state index in [0.717, 1.165) is 44.0 Å². The van der Waals surface area contributed by atoms with Crippen molar-refractivity contribution in [1.29, 1.82) is 0 Å². The van der Waals surface area contributed by atoms with Gasteiger partial charge in [0.1, 0.15) is 6.33 Å². The third-order valence-corrected chi connectivity index (χ3v) is 4.57. The largest absolute Gasteiger partial charge is 0.376 e. The van der Waals surface area contributed by atoms with E-state index in [1.807, 2.05) is 4.90 Å². The summed E-state index contributed by atoms with van der Waals surface area (Å²) in [5.74, 6) is 0.907. The van der Waals surface area contributed by atoms with Crippen molar-refractivity contribution in [1.82, 2.24) is 29.8 Å². The van der Waals surface area contributed by atoms with Crippen LogP contribution in [-0.2, 0) is 4.74 Å². The van der Waals surface area contributed by atoms with E-state index in [0.29, 0.717) is 19.6 Å². The molecular formula is C15H21N7O2. The highest BCUT2D eigenvalue weighted by atomic mass is 16.5. The first-order valence-corrected chi connectivity index (χ1v) is 8.34. The van der Waals surface area contributed by atoms with Crippen molar-refractivity contribution in [3.8, 4) is 0 Å². The van der Waals surface area contributed by atoms with Crippen molar-refractivity contribution in [2.24, 2.45) is 0 Å². The number of aromatic nitrogens is 4. The lowest BCUT2D eigenvalue weighted by Crippen LogP contribution is -2.53. The lowest BCUT2D eigenvalue weighted by Gasteiger charge is -2.35. The van der Waals surface area contributed by atoms with Gasteiger partial charge < -0.3 is 19.9 Å². The smallest absolute Gasteiger partial charge is 0.317 e. The summed E-state index contributed by atoms with van der Waals surface area (Å²) in [4.78, 5) is 24.7. The van der Waals surface area contributed by atoms with Gasteiger partial charge in [-0.05, 0) is 12.8 Å². The zero-order valence-electron chi connectivity index (χ0n) is 13.5. The molecule has 2 aliphatic rings. The second-order valence-corrected chi connectivity index (χ2v) is 6.09. The minimum atomic E-state index is -0.0118. The molecule has 2 saturated heterocycles. The zero-order valence-corrected chi connectivity index (χ0v) is 13.5. The Morgan fingerprint density at radius 2 is 2.17 bits per heavy atom. The number of carbonyl (C=O) groups excluding carboxylic acids is 1. The van der Waals surface area contributed by atoms with Crippen LogP contribution in [0.15, 0.2) is 18.7 Å². The third-order valence-electron chi connectivity index (χ3n) is 4.57. The maximum absolute atomic E-state index is 12.3. The van der Waals surface area contributed by atoms with E-state index in [1.54, 1.807) is 16.9 Å². The highest BCUT2D eigenvalue weighted by molar-refractivity contribution is 5.74. The van der Waals surface area contributed by atoms with Crippen molar-refractivity contribution in [3.05, 3.63) is 18.7 Å². The molecule has 2 fully saturated rings. The fourth-order valence-corrected chi connectivity index (χ4v) is 3.21. The summed E-state index contributed by atoms with van der Waals surface area (Å²) in [6.07, 6.45) is 7.28. The third kappa shape index (κ3) is 2.99. The molecule has 0 aliphatic carbocycles. The van der Waals surface area contributed by atoms with Crippen LogP contribution in [0.4, 0.5) is 10.6 Å². The summed E-state index contributed by atoms with van der Waals surface area (Å²) in [7, 11) is 0. The predicted octanol–water partition coefficient (Wildman–Crippen LogP) is 0.135. The standard InChI is InChI=1S/C15H21N7O2/c23-15(17-8-12-2-1-7-24-12)21-5-3-20(4-6-21)14-10-16-9-13-18-11-19-22(13)14/h9-12H,1-8H2,(H,17,23). The minimum Gasteiger partial charge on any atom is -0.376 e. The maximum Gasteiger partial charge on any atom is 0.317 e. The molecule has 0 bridgehead atoms. The van der Waals surface area contributed by atoms with E-state index in [-0.39, 0.29) is 12.1 Å². The highest BCUT2D eigenvalue weighted by Crippen LogP contribution is 2.16.